The number of halogens is 1. The predicted octanol–water partition coefficient (Wildman–Crippen LogP) is 4.88. The normalized spacial score (nSPS) is 11.5. The van der Waals surface area contributed by atoms with E-state index in [0.29, 0.717) is 5.02 Å². The van der Waals surface area contributed by atoms with Crippen molar-refractivity contribution >= 4 is 39.5 Å². The summed E-state index contributed by atoms with van der Waals surface area (Å²) < 4.78 is 0. The zero-order chi connectivity index (χ0) is 16.2. The SMILES string of the molecule is C/C(=N/Nc1nc(-c2ccc(Cl)cc2)cs1)c1cccc(N)c1. The molecule has 1 heterocycles. The summed E-state index contributed by atoms with van der Waals surface area (Å²) in [6, 6.07) is 15.2. The van der Waals surface area contributed by atoms with E-state index in [1.807, 2.05) is 60.8 Å². The first-order valence-corrected chi connectivity index (χ1v) is 8.25. The van der Waals surface area contributed by atoms with Gasteiger partial charge in [0, 0.05) is 21.7 Å². The maximum atomic E-state index is 5.90. The van der Waals surface area contributed by atoms with Gasteiger partial charge in [0.2, 0.25) is 5.13 Å². The van der Waals surface area contributed by atoms with Crippen molar-refractivity contribution < 1.29 is 0 Å². The largest absolute Gasteiger partial charge is 0.399 e. The number of nitrogens with two attached hydrogens (primary N) is 1. The Labute approximate surface area is 143 Å². The lowest BCUT2D eigenvalue weighted by atomic mass is 10.1. The van der Waals surface area contributed by atoms with Crippen LogP contribution < -0.4 is 11.2 Å². The second-order valence-electron chi connectivity index (χ2n) is 4.98. The molecular weight excluding hydrogens is 328 g/mol. The third-order valence-corrected chi connectivity index (χ3v) is 4.27. The first kappa shape index (κ1) is 15.5. The maximum absolute atomic E-state index is 5.90. The van der Waals surface area contributed by atoms with Crippen molar-refractivity contribution in [3.63, 3.8) is 0 Å². The molecule has 116 valence electrons. The Kier molecular flexibility index (Phi) is 4.60. The Morgan fingerprint density at radius 3 is 2.74 bits per heavy atom. The zero-order valence-electron chi connectivity index (χ0n) is 12.5. The van der Waals surface area contributed by atoms with Gasteiger partial charge in [-0.25, -0.2) is 4.98 Å². The standard InChI is InChI=1S/C17H15ClN4S/c1-11(13-3-2-4-15(19)9-13)21-22-17-20-16(10-23-17)12-5-7-14(18)8-6-12/h2-10H,19H2,1H3,(H,20,22)/b21-11-. The summed E-state index contributed by atoms with van der Waals surface area (Å²) in [5.41, 5.74) is 13.2. The Hall–Kier alpha value is -2.37. The minimum Gasteiger partial charge on any atom is -0.399 e. The van der Waals surface area contributed by atoms with Crippen LogP contribution in [0.5, 0.6) is 0 Å². The zero-order valence-corrected chi connectivity index (χ0v) is 14.0. The van der Waals surface area contributed by atoms with Crippen LogP contribution >= 0.6 is 22.9 Å². The van der Waals surface area contributed by atoms with Crippen LogP contribution in [0, 0.1) is 0 Å². The van der Waals surface area contributed by atoms with Gasteiger partial charge in [-0.15, -0.1) is 11.3 Å². The van der Waals surface area contributed by atoms with Crippen molar-refractivity contribution in [3.05, 3.63) is 64.5 Å². The van der Waals surface area contributed by atoms with E-state index in [9.17, 15) is 0 Å². The van der Waals surface area contributed by atoms with Gasteiger partial charge in [0.25, 0.3) is 0 Å². The van der Waals surface area contributed by atoms with E-state index < -0.39 is 0 Å². The lowest BCUT2D eigenvalue weighted by Crippen LogP contribution is -2.00. The van der Waals surface area contributed by atoms with E-state index in [-0.39, 0.29) is 0 Å². The molecule has 1 aromatic heterocycles. The highest BCUT2D eigenvalue weighted by molar-refractivity contribution is 7.14. The van der Waals surface area contributed by atoms with Gasteiger partial charge in [-0.2, -0.15) is 5.10 Å². The number of thiazole rings is 1. The van der Waals surface area contributed by atoms with Crippen LogP contribution in [0.1, 0.15) is 12.5 Å². The summed E-state index contributed by atoms with van der Waals surface area (Å²) in [7, 11) is 0. The van der Waals surface area contributed by atoms with Crippen molar-refractivity contribution in [3.8, 4) is 11.3 Å². The Morgan fingerprint density at radius 1 is 1.22 bits per heavy atom. The molecule has 6 heteroatoms. The number of benzene rings is 2. The summed E-state index contributed by atoms with van der Waals surface area (Å²) in [5, 5.41) is 7.79. The molecule has 0 bridgehead atoms. The van der Waals surface area contributed by atoms with Crippen molar-refractivity contribution in [2.45, 2.75) is 6.92 Å². The molecule has 4 nitrogen and oxygen atoms in total. The molecule has 0 fully saturated rings. The summed E-state index contributed by atoms with van der Waals surface area (Å²) in [4.78, 5) is 4.53. The highest BCUT2D eigenvalue weighted by Crippen LogP contribution is 2.26. The fourth-order valence-electron chi connectivity index (χ4n) is 2.04. The number of nitrogens with one attached hydrogen (secondary N) is 1. The third kappa shape index (κ3) is 3.88. The minimum atomic E-state index is 0.713. The Balaban J connectivity index is 1.74. The minimum absolute atomic E-state index is 0.713. The average molecular weight is 343 g/mol. The molecule has 3 aromatic rings. The van der Waals surface area contributed by atoms with E-state index in [4.69, 9.17) is 17.3 Å². The number of nitrogens with zero attached hydrogens (tertiary/aromatic N) is 2. The van der Waals surface area contributed by atoms with Crippen LogP contribution in [0.3, 0.4) is 0 Å². The van der Waals surface area contributed by atoms with Crippen LogP contribution in [0.4, 0.5) is 10.8 Å². The van der Waals surface area contributed by atoms with Crippen LogP contribution in [0.25, 0.3) is 11.3 Å². The van der Waals surface area contributed by atoms with E-state index in [0.717, 1.165) is 33.4 Å². The highest BCUT2D eigenvalue weighted by Gasteiger charge is 2.04. The molecule has 0 spiro atoms. The van der Waals surface area contributed by atoms with Crippen LogP contribution in [-0.2, 0) is 0 Å². The summed E-state index contributed by atoms with van der Waals surface area (Å²) in [6.45, 7) is 1.93. The fourth-order valence-corrected chi connectivity index (χ4v) is 2.83. The molecule has 2 aromatic carbocycles. The molecule has 3 N–H and O–H groups in total. The van der Waals surface area contributed by atoms with Gasteiger partial charge in [-0.05, 0) is 36.8 Å². The second kappa shape index (κ2) is 6.81. The van der Waals surface area contributed by atoms with Crippen molar-refractivity contribution in [2.24, 2.45) is 5.10 Å². The molecule has 3 rings (SSSR count). The molecule has 23 heavy (non-hydrogen) atoms. The Bertz CT molecular complexity index is 840. The molecular formula is C17H15ClN4S. The number of aromatic nitrogens is 1. The molecule has 0 unspecified atom stereocenters. The van der Waals surface area contributed by atoms with Gasteiger partial charge in [0.15, 0.2) is 0 Å². The molecule has 0 aliphatic carbocycles. The molecule has 0 aliphatic heterocycles. The van der Waals surface area contributed by atoms with Gasteiger partial charge in [0.1, 0.15) is 0 Å². The topological polar surface area (TPSA) is 63.3 Å². The van der Waals surface area contributed by atoms with Gasteiger partial charge in [0.05, 0.1) is 11.4 Å². The lowest BCUT2D eigenvalue weighted by Gasteiger charge is -2.02. The quantitative estimate of drug-likeness (QED) is 0.403. The summed E-state index contributed by atoms with van der Waals surface area (Å²) in [6.07, 6.45) is 0. The number of nitrogen functional groups attached to an aromatic ring is 1. The first-order chi connectivity index (χ1) is 11.1. The van der Waals surface area contributed by atoms with E-state index in [2.05, 4.69) is 15.5 Å². The molecule has 0 aliphatic rings. The van der Waals surface area contributed by atoms with Crippen LogP contribution in [-0.4, -0.2) is 10.7 Å². The lowest BCUT2D eigenvalue weighted by molar-refractivity contribution is 1.27. The van der Waals surface area contributed by atoms with E-state index >= 15 is 0 Å². The first-order valence-electron chi connectivity index (χ1n) is 6.99. The Morgan fingerprint density at radius 2 is 2.00 bits per heavy atom. The van der Waals surface area contributed by atoms with Crippen molar-refractivity contribution in [1.29, 1.82) is 0 Å². The van der Waals surface area contributed by atoms with Gasteiger partial charge < -0.3 is 5.73 Å². The second-order valence-corrected chi connectivity index (χ2v) is 6.27. The smallest absolute Gasteiger partial charge is 0.203 e. The van der Waals surface area contributed by atoms with E-state index in [1.165, 1.54) is 11.3 Å². The maximum Gasteiger partial charge on any atom is 0.203 e. The fraction of sp³-hybridized carbons (Fsp3) is 0.0588. The van der Waals surface area contributed by atoms with Crippen LogP contribution in [0.2, 0.25) is 5.02 Å². The number of anilines is 2. The summed E-state index contributed by atoms with van der Waals surface area (Å²) in [5.74, 6) is 0. The molecule has 0 atom stereocenters. The number of hydrazone groups is 1. The molecule has 0 saturated heterocycles. The molecule has 0 amide bonds. The average Bonchev–Trinajstić information content (AvgIpc) is 3.02. The predicted molar refractivity (Wildman–Crippen MR) is 99.2 cm³/mol. The monoisotopic (exact) mass is 342 g/mol. The van der Waals surface area contributed by atoms with E-state index in [1.54, 1.807) is 0 Å². The highest BCUT2D eigenvalue weighted by atomic mass is 35.5. The van der Waals surface area contributed by atoms with Gasteiger partial charge in [-0.1, -0.05) is 35.9 Å². The van der Waals surface area contributed by atoms with Crippen molar-refractivity contribution in [2.75, 3.05) is 11.2 Å². The van der Waals surface area contributed by atoms with Gasteiger partial charge >= 0.3 is 0 Å². The van der Waals surface area contributed by atoms with Crippen LogP contribution in [0.15, 0.2) is 59.0 Å². The number of hydrogen-bond donors (Lipinski definition) is 2. The summed E-state index contributed by atoms with van der Waals surface area (Å²) >= 11 is 7.40. The molecule has 0 radical (unpaired) electrons. The third-order valence-electron chi connectivity index (χ3n) is 3.27. The molecule has 0 saturated carbocycles. The van der Waals surface area contributed by atoms with Gasteiger partial charge in [-0.3, -0.25) is 5.43 Å². The van der Waals surface area contributed by atoms with Crippen molar-refractivity contribution in [1.82, 2.24) is 4.98 Å². The number of hydrogen-bond acceptors (Lipinski definition) is 5. The number of rotatable bonds is 4.